The van der Waals surface area contributed by atoms with E-state index in [1.165, 1.54) is 62.6 Å². The number of nitro groups is 1. The summed E-state index contributed by atoms with van der Waals surface area (Å²) in [4.78, 5) is 51.1. The number of nitro benzene ring substituents is 1. The first-order valence-corrected chi connectivity index (χ1v) is 12.3. The molecule has 0 fully saturated rings. The van der Waals surface area contributed by atoms with Crippen molar-refractivity contribution in [1.82, 2.24) is 0 Å². The van der Waals surface area contributed by atoms with Crippen molar-refractivity contribution in [3.8, 4) is 17.2 Å². The van der Waals surface area contributed by atoms with Crippen molar-refractivity contribution < 1.29 is 38.3 Å². The zero-order valence-corrected chi connectivity index (χ0v) is 22.5. The lowest BCUT2D eigenvalue weighted by Gasteiger charge is -2.09. The first kappa shape index (κ1) is 27.9. The van der Waals surface area contributed by atoms with E-state index < -0.39 is 22.8 Å². The molecule has 3 aromatic rings. The summed E-state index contributed by atoms with van der Waals surface area (Å²) < 4.78 is 21.8. The van der Waals surface area contributed by atoms with E-state index in [9.17, 15) is 24.5 Å². The molecule has 0 aliphatic carbocycles. The van der Waals surface area contributed by atoms with Crippen LogP contribution in [0, 0.1) is 10.1 Å². The maximum Gasteiger partial charge on any atom is 0.363 e. The van der Waals surface area contributed by atoms with Crippen LogP contribution in [0.3, 0.4) is 0 Å². The summed E-state index contributed by atoms with van der Waals surface area (Å²) >= 11 is 3.35. The molecule has 1 heterocycles. The zero-order chi connectivity index (χ0) is 28.8. The minimum Gasteiger partial charge on any atom is -0.493 e. The fourth-order valence-electron chi connectivity index (χ4n) is 3.49. The second-order valence-corrected chi connectivity index (χ2v) is 9.00. The van der Waals surface area contributed by atoms with E-state index in [1.54, 1.807) is 24.3 Å². The van der Waals surface area contributed by atoms with Gasteiger partial charge in [-0.05, 0) is 54.1 Å². The largest absolute Gasteiger partial charge is 0.493 e. The molecule has 0 saturated carbocycles. The van der Waals surface area contributed by atoms with Gasteiger partial charge >= 0.3 is 17.9 Å². The third-order valence-electron chi connectivity index (χ3n) is 5.25. The minimum absolute atomic E-state index is 0.00245. The van der Waals surface area contributed by atoms with E-state index in [0.717, 1.165) is 6.08 Å². The number of ether oxygens (including phenoxy) is 4. The number of non-ortho nitro benzene ring substituents is 1. The maximum absolute atomic E-state index is 12.6. The Morgan fingerprint density at radius 2 is 1.80 bits per heavy atom. The Balaban J connectivity index is 1.57. The Morgan fingerprint density at radius 3 is 2.52 bits per heavy atom. The van der Waals surface area contributed by atoms with Crippen LogP contribution in [0.25, 0.3) is 12.2 Å². The fourth-order valence-corrected chi connectivity index (χ4v) is 3.87. The topological polar surface area (TPSA) is 144 Å². The Bertz CT molecular complexity index is 1630. The van der Waals surface area contributed by atoms with Crippen LogP contribution in [-0.4, -0.2) is 35.8 Å². The van der Waals surface area contributed by atoms with Gasteiger partial charge in [0, 0.05) is 40.7 Å². The van der Waals surface area contributed by atoms with Crippen LogP contribution < -0.4 is 14.2 Å². The summed E-state index contributed by atoms with van der Waals surface area (Å²) in [5.74, 6) is -1.44. The van der Waals surface area contributed by atoms with E-state index in [1.807, 2.05) is 0 Å². The highest BCUT2D eigenvalue weighted by Crippen LogP contribution is 2.31. The van der Waals surface area contributed by atoms with Crippen LogP contribution in [0.5, 0.6) is 17.2 Å². The van der Waals surface area contributed by atoms with Gasteiger partial charge in [0.2, 0.25) is 5.90 Å². The number of carbonyl (C=O) groups is 3. The quantitative estimate of drug-likeness (QED) is 0.110. The number of nitrogens with zero attached hydrogens (tertiary/aromatic N) is 2. The number of methoxy groups -OCH3 is 1. The standard InChI is InChI=1S/C28H19BrN2O9/c1-16(32)38-24-9-7-18(15-25(24)37-2)27-30-22(28(34)40-27)14-19-13-20(29)8-10-23(19)39-26(33)11-6-17-4-3-5-21(12-17)31(35)36/h3-15H,1-2H3/b11-6+,22-14-. The van der Waals surface area contributed by atoms with Crippen LogP contribution in [-0.2, 0) is 19.1 Å². The molecule has 1 aliphatic heterocycles. The minimum atomic E-state index is -0.744. The SMILES string of the molecule is COc1cc(C2=N/C(=C\c3cc(Br)ccc3OC(=O)/C=C/c3cccc([N+](=O)[O-])c3)C(=O)O2)ccc1OC(C)=O. The monoisotopic (exact) mass is 606 g/mol. The number of hydrogen-bond acceptors (Lipinski definition) is 10. The number of rotatable bonds is 8. The van der Waals surface area contributed by atoms with Gasteiger partial charge in [0.05, 0.1) is 12.0 Å². The Kier molecular flexibility index (Phi) is 8.50. The predicted octanol–water partition coefficient (Wildman–Crippen LogP) is 5.25. The van der Waals surface area contributed by atoms with Gasteiger partial charge in [-0.2, -0.15) is 0 Å². The van der Waals surface area contributed by atoms with Crippen molar-refractivity contribution in [1.29, 1.82) is 0 Å². The number of cyclic esters (lactones) is 1. The highest BCUT2D eigenvalue weighted by atomic mass is 79.9. The van der Waals surface area contributed by atoms with E-state index in [-0.39, 0.29) is 34.5 Å². The second kappa shape index (κ2) is 12.2. The van der Waals surface area contributed by atoms with E-state index in [2.05, 4.69) is 20.9 Å². The molecule has 4 rings (SSSR count). The summed E-state index contributed by atoms with van der Waals surface area (Å²) in [5, 5.41) is 11.0. The van der Waals surface area contributed by atoms with E-state index >= 15 is 0 Å². The first-order valence-electron chi connectivity index (χ1n) is 11.5. The molecule has 3 aromatic carbocycles. The Hall–Kier alpha value is -5.10. The van der Waals surface area contributed by atoms with E-state index in [0.29, 0.717) is 21.2 Å². The second-order valence-electron chi connectivity index (χ2n) is 8.08. The number of hydrogen-bond donors (Lipinski definition) is 0. The molecule has 0 radical (unpaired) electrons. The summed E-state index contributed by atoms with van der Waals surface area (Å²) in [6, 6.07) is 15.1. The maximum atomic E-state index is 12.6. The lowest BCUT2D eigenvalue weighted by molar-refractivity contribution is -0.384. The van der Waals surface area contributed by atoms with Crippen LogP contribution in [0.2, 0.25) is 0 Å². The summed E-state index contributed by atoms with van der Waals surface area (Å²) in [7, 11) is 1.40. The van der Waals surface area contributed by atoms with Crippen LogP contribution >= 0.6 is 15.9 Å². The molecule has 0 unspecified atom stereocenters. The molecule has 0 amide bonds. The molecular formula is C28H19BrN2O9. The highest BCUT2D eigenvalue weighted by molar-refractivity contribution is 9.10. The van der Waals surface area contributed by atoms with Gasteiger partial charge in [-0.3, -0.25) is 14.9 Å². The van der Waals surface area contributed by atoms with Crippen molar-refractivity contribution in [2.45, 2.75) is 6.92 Å². The van der Waals surface area contributed by atoms with Gasteiger partial charge in [0.15, 0.2) is 17.2 Å². The zero-order valence-electron chi connectivity index (χ0n) is 21.0. The van der Waals surface area contributed by atoms with Gasteiger partial charge in [-0.1, -0.05) is 28.1 Å². The van der Waals surface area contributed by atoms with Crippen molar-refractivity contribution in [2.75, 3.05) is 7.11 Å². The fraction of sp³-hybridized carbons (Fsp3) is 0.0714. The molecule has 0 saturated heterocycles. The van der Waals surface area contributed by atoms with Crippen molar-refractivity contribution in [3.05, 3.63) is 104 Å². The van der Waals surface area contributed by atoms with Gasteiger partial charge in [-0.15, -0.1) is 0 Å². The van der Waals surface area contributed by atoms with Crippen molar-refractivity contribution in [2.24, 2.45) is 4.99 Å². The third-order valence-corrected chi connectivity index (χ3v) is 5.75. The number of halogens is 1. The number of esters is 3. The molecule has 12 heteroatoms. The average Bonchev–Trinajstić information content (AvgIpc) is 3.29. The van der Waals surface area contributed by atoms with Crippen molar-refractivity contribution >= 4 is 57.6 Å². The molecule has 0 bridgehead atoms. The highest BCUT2D eigenvalue weighted by Gasteiger charge is 2.26. The smallest absolute Gasteiger partial charge is 0.363 e. The van der Waals surface area contributed by atoms with E-state index in [4.69, 9.17) is 18.9 Å². The summed E-state index contributed by atoms with van der Waals surface area (Å²) in [5.41, 5.74) is 1.03. The molecule has 0 aromatic heterocycles. The molecule has 11 nitrogen and oxygen atoms in total. The normalized spacial score (nSPS) is 13.6. The Morgan fingerprint density at radius 1 is 1.02 bits per heavy atom. The molecule has 0 spiro atoms. The van der Waals surface area contributed by atoms with Gasteiger partial charge < -0.3 is 18.9 Å². The van der Waals surface area contributed by atoms with Crippen molar-refractivity contribution in [3.63, 3.8) is 0 Å². The molecule has 1 aliphatic rings. The third kappa shape index (κ3) is 6.85. The molecule has 0 atom stereocenters. The lowest BCUT2D eigenvalue weighted by Crippen LogP contribution is -2.07. The average molecular weight is 607 g/mol. The molecule has 40 heavy (non-hydrogen) atoms. The van der Waals surface area contributed by atoms with Crippen LogP contribution in [0.4, 0.5) is 5.69 Å². The molecule has 202 valence electrons. The number of benzene rings is 3. The predicted molar refractivity (Wildman–Crippen MR) is 147 cm³/mol. The lowest BCUT2D eigenvalue weighted by atomic mass is 10.1. The molecular weight excluding hydrogens is 588 g/mol. The summed E-state index contributed by atoms with van der Waals surface area (Å²) in [6.45, 7) is 1.26. The first-order chi connectivity index (χ1) is 19.1. The van der Waals surface area contributed by atoms with Crippen LogP contribution in [0.15, 0.2) is 81.9 Å². The van der Waals surface area contributed by atoms with Gasteiger partial charge in [0.1, 0.15) is 5.75 Å². The number of carbonyl (C=O) groups excluding carboxylic acids is 3. The van der Waals surface area contributed by atoms with Gasteiger partial charge in [-0.25, -0.2) is 14.6 Å². The number of aliphatic imine (C=N–C) groups is 1. The Labute approximate surface area is 235 Å². The summed E-state index contributed by atoms with van der Waals surface area (Å²) in [6.07, 6.45) is 3.92. The van der Waals surface area contributed by atoms with Gasteiger partial charge in [0.25, 0.3) is 5.69 Å². The molecule has 0 N–H and O–H groups in total. The van der Waals surface area contributed by atoms with Crippen LogP contribution in [0.1, 0.15) is 23.6 Å².